The summed E-state index contributed by atoms with van der Waals surface area (Å²) in [7, 11) is 6.07. The van der Waals surface area contributed by atoms with Crippen molar-refractivity contribution in [3.63, 3.8) is 0 Å². The van der Waals surface area contributed by atoms with Gasteiger partial charge in [0, 0.05) is 25.4 Å². The predicted molar refractivity (Wildman–Crippen MR) is 72.6 cm³/mol. The fourth-order valence-corrected chi connectivity index (χ4v) is 1.88. The van der Waals surface area contributed by atoms with Gasteiger partial charge in [0.1, 0.15) is 0 Å². The molecule has 0 aliphatic rings. The summed E-state index contributed by atoms with van der Waals surface area (Å²) in [6, 6.07) is 0.409. The van der Waals surface area contributed by atoms with Crippen LogP contribution in [-0.2, 0) is 12.8 Å². The third-order valence-corrected chi connectivity index (χ3v) is 2.88. The van der Waals surface area contributed by atoms with E-state index in [1.54, 1.807) is 0 Å². The number of hydrogen-bond acceptors (Lipinski definition) is 5. The Morgan fingerprint density at radius 2 is 2.06 bits per heavy atom. The average molecular weight is 254 g/mol. The number of nitrogens with zero attached hydrogens (tertiary/aromatic N) is 3. The van der Waals surface area contributed by atoms with Crippen LogP contribution in [0.5, 0.6) is 0 Å². The zero-order valence-electron chi connectivity index (χ0n) is 12.2. The van der Waals surface area contributed by atoms with Crippen LogP contribution >= 0.6 is 0 Å². The maximum absolute atomic E-state index is 5.29. The van der Waals surface area contributed by atoms with Crippen LogP contribution in [0.2, 0.25) is 0 Å². The van der Waals surface area contributed by atoms with Crippen molar-refractivity contribution in [2.45, 2.75) is 39.2 Å². The molecule has 1 N–H and O–H groups in total. The van der Waals surface area contributed by atoms with Crippen LogP contribution in [0.15, 0.2) is 4.52 Å². The second-order valence-corrected chi connectivity index (χ2v) is 5.48. The molecule has 0 radical (unpaired) electrons. The van der Waals surface area contributed by atoms with Gasteiger partial charge in [0.15, 0.2) is 5.82 Å². The van der Waals surface area contributed by atoms with Crippen LogP contribution in [0.25, 0.3) is 0 Å². The topological polar surface area (TPSA) is 54.2 Å². The molecule has 1 aromatic heterocycles. The quantitative estimate of drug-likeness (QED) is 0.759. The van der Waals surface area contributed by atoms with Gasteiger partial charge in [0.25, 0.3) is 0 Å². The van der Waals surface area contributed by atoms with Gasteiger partial charge in [-0.2, -0.15) is 4.98 Å². The SMILES string of the molecule is CNC(Cc1nc(CCN(C)C)no1)CC(C)C. The van der Waals surface area contributed by atoms with E-state index < -0.39 is 0 Å². The molecule has 0 bridgehead atoms. The Balaban J connectivity index is 2.46. The van der Waals surface area contributed by atoms with Crippen LogP contribution in [0.1, 0.15) is 32.0 Å². The molecule has 18 heavy (non-hydrogen) atoms. The Hall–Kier alpha value is -0.940. The van der Waals surface area contributed by atoms with Gasteiger partial charge < -0.3 is 14.7 Å². The minimum atomic E-state index is 0.409. The zero-order chi connectivity index (χ0) is 13.5. The summed E-state index contributed by atoms with van der Waals surface area (Å²) in [4.78, 5) is 6.55. The van der Waals surface area contributed by atoms with Gasteiger partial charge in [-0.25, -0.2) is 0 Å². The molecule has 0 amide bonds. The summed E-state index contributed by atoms with van der Waals surface area (Å²) < 4.78 is 5.29. The molecule has 1 heterocycles. The van der Waals surface area contributed by atoms with E-state index in [0.29, 0.717) is 12.0 Å². The first kappa shape index (κ1) is 15.1. The molecule has 0 fully saturated rings. The van der Waals surface area contributed by atoms with Crippen molar-refractivity contribution in [2.75, 3.05) is 27.7 Å². The molecule has 0 aromatic carbocycles. The first-order valence-corrected chi connectivity index (χ1v) is 6.64. The van der Waals surface area contributed by atoms with E-state index in [9.17, 15) is 0 Å². The highest BCUT2D eigenvalue weighted by molar-refractivity contribution is 4.90. The van der Waals surface area contributed by atoms with Crippen molar-refractivity contribution >= 4 is 0 Å². The predicted octanol–water partition coefficient (Wildman–Crippen LogP) is 1.35. The van der Waals surface area contributed by atoms with Crippen molar-refractivity contribution in [1.82, 2.24) is 20.4 Å². The Morgan fingerprint density at radius 1 is 1.33 bits per heavy atom. The number of likely N-dealkylation sites (N-methyl/N-ethyl adjacent to an activating group) is 2. The third-order valence-electron chi connectivity index (χ3n) is 2.88. The summed E-state index contributed by atoms with van der Waals surface area (Å²) in [6.45, 7) is 5.39. The first-order chi connectivity index (χ1) is 8.51. The van der Waals surface area contributed by atoms with Gasteiger partial charge in [-0.3, -0.25) is 0 Å². The highest BCUT2D eigenvalue weighted by atomic mass is 16.5. The summed E-state index contributed by atoms with van der Waals surface area (Å²) in [6.07, 6.45) is 2.76. The van der Waals surface area contributed by atoms with E-state index in [0.717, 1.165) is 37.5 Å². The van der Waals surface area contributed by atoms with Gasteiger partial charge in [0.2, 0.25) is 5.89 Å². The van der Waals surface area contributed by atoms with Gasteiger partial charge in [-0.1, -0.05) is 19.0 Å². The van der Waals surface area contributed by atoms with Crippen molar-refractivity contribution in [3.05, 3.63) is 11.7 Å². The first-order valence-electron chi connectivity index (χ1n) is 6.64. The Labute approximate surface area is 110 Å². The summed E-state index contributed by atoms with van der Waals surface area (Å²) in [5, 5.41) is 7.32. The van der Waals surface area contributed by atoms with Crippen molar-refractivity contribution in [1.29, 1.82) is 0 Å². The van der Waals surface area contributed by atoms with E-state index in [-0.39, 0.29) is 0 Å². The van der Waals surface area contributed by atoms with Gasteiger partial charge in [-0.05, 0) is 33.5 Å². The van der Waals surface area contributed by atoms with Crippen LogP contribution in [0.4, 0.5) is 0 Å². The molecule has 5 heteroatoms. The standard InChI is InChI=1S/C13H26N4O/c1-10(2)8-11(14-3)9-13-15-12(16-18-13)6-7-17(4)5/h10-11,14H,6-9H2,1-5H3. The molecule has 1 rings (SSSR count). The fourth-order valence-electron chi connectivity index (χ4n) is 1.88. The molecule has 104 valence electrons. The van der Waals surface area contributed by atoms with E-state index in [4.69, 9.17) is 4.52 Å². The number of nitrogens with one attached hydrogen (secondary N) is 1. The molecular weight excluding hydrogens is 228 g/mol. The second-order valence-electron chi connectivity index (χ2n) is 5.48. The Kier molecular flexibility index (Phi) is 6.29. The average Bonchev–Trinajstić information content (AvgIpc) is 2.72. The fraction of sp³-hybridized carbons (Fsp3) is 0.846. The number of aromatic nitrogens is 2. The van der Waals surface area contributed by atoms with E-state index >= 15 is 0 Å². The van der Waals surface area contributed by atoms with Crippen LogP contribution in [0.3, 0.4) is 0 Å². The van der Waals surface area contributed by atoms with Crippen LogP contribution in [-0.4, -0.2) is 48.8 Å². The monoisotopic (exact) mass is 254 g/mol. The van der Waals surface area contributed by atoms with Gasteiger partial charge >= 0.3 is 0 Å². The lowest BCUT2D eigenvalue weighted by atomic mass is 10.0. The normalized spacial score (nSPS) is 13.5. The van der Waals surface area contributed by atoms with Crippen molar-refractivity contribution in [2.24, 2.45) is 5.92 Å². The molecule has 0 aliphatic carbocycles. The maximum Gasteiger partial charge on any atom is 0.228 e. The number of hydrogen-bond donors (Lipinski definition) is 1. The van der Waals surface area contributed by atoms with E-state index in [2.05, 4.69) is 34.2 Å². The molecule has 0 aliphatic heterocycles. The zero-order valence-corrected chi connectivity index (χ0v) is 12.2. The second kappa shape index (κ2) is 7.48. The van der Waals surface area contributed by atoms with E-state index in [1.807, 2.05) is 21.1 Å². The summed E-state index contributed by atoms with van der Waals surface area (Å²) in [5.41, 5.74) is 0. The van der Waals surface area contributed by atoms with Gasteiger partial charge in [-0.15, -0.1) is 0 Å². The Morgan fingerprint density at radius 3 is 2.61 bits per heavy atom. The van der Waals surface area contributed by atoms with Gasteiger partial charge in [0.05, 0.1) is 0 Å². The Bertz CT molecular complexity index is 335. The molecular formula is C13H26N4O. The van der Waals surface area contributed by atoms with E-state index in [1.165, 1.54) is 0 Å². The highest BCUT2D eigenvalue weighted by Crippen LogP contribution is 2.10. The molecule has 0 saturated heterocycles. The van der Waals surface area contributed by atoms with Crippen molar-refractivity contribution < 1.29 is 4.52 Å². The van der Waals surface area contributed by atoms with Crippen LogP contribution < -0.4 is 5.32 Å². The molecule has 1 unspecified atom stereocenters. The molecule has 0 saturated carbocycles. The smallest absolute Gasteiger partial charge is 0.228 e. The van der Waals surface area contributed by atoms with Crippen molar-refractivity contribution in [3.8, 4) is 0 Å². The lowest BCUT2D eigenvalue weighted by Gasteiger charge is -2.15. The summed E-state index contributed by atoms with van der Waals surface area (Å²) in [5.74, 6) is 2.21. The lowest BCUT2D eigenvalue weighted by molar-refractivity contribution is 0.340. The highest BCUT2D eigenvalue weighted by Gasteiger charge is 2.14. The minimum absolute atomic E-state index is 0.409. The minimum Gasteiger partial charge on any atom is -0.339 e. The largest absolute Gasteiger partial charge is 0.339 e. The molecule has 1 aromatic rings. The van der Waals surface area contributed by atoms with Crippen LogP contribution in [0, 0.1) is 5.92 Å². The molecule has 0 spiro atoms. The maximum atomic E-state index is 5.29. The molecule has 1 atom stereocenters. The number of rotatable bonds is 8. The third kappa shape index (κ3) is 5.60. The summed E-state index contributed by atoms with van der Waals surface area (Å²) >= 11 is 0. The lowest BCUT2D eigenvalue weighted by Crippen LogP contribution is -2.29. The molecule has 5 nitrogen and oxygen atoms in total.